The molecule has 0 bridgehead atoms. The highest BCUT2D eigenvalue weighted by Crippen LogP contribution is 2.18. The highest BCUT2D eigenvalue weighted by atomic mass is 35.5. The number of carboxylic acids is 1. The summed E-state index contributed by atoms with van der Waals surface area (Å²) in [6, 6.07) is 7.31. The van der Waals surface area contributed by atoms with E-state index in [-0.39, 0.29) is 11.0 Å². The monoisotopic (exact) mass is 284 g/mol. The van der Waals surface area contributed by atoms with E-state index in [9.17, 15) is 4.79 Å². The molecule has 0 saturated heterocycles. The summed E-state index contributed by atoms with van der Waals surface area (Å²) in [6.45, 7) is 0. The fourth-order valence-corrected chi connectivity index (χ4v) is 1.89. The Morgan fingerprint density at radius 1 is 1.33 bits per heavy atom. The van der Waals surface area contributed by atoms with E-state index in [0.717, 1.165) is 17.3 Å². The number of hydrogen-bond acceptors (Lipinski definition) is 5. The van der Waals surface area contributed by atoms with Crippen molar-refractivity contribution in [2.45, 2.75) is 11.6 Å². The Balaban J connectivity index is 1.97. The highest BCUT2D eigenvalue weighted by molar-refractivity contribution is 7.99. The molecule has 0 aliphatic heterocycles. The molecule has 0 fully saturated rings. The predicted octanol–water partition coefficient (Wildman–Crippen LogP) is 2.49. The number of aromatic nitrogens is 2. The summed E-state index contributed by atoms with van der Waals surface area (Å²) >= 11 is 6.78. The minimum absolute atomic E-state index is 0.0947. The van der Waals surface area contributed by atoms with Gasteiger partial charge in [-0.15, -0.1) is 10.2 Å². The molecule has 0 aliphatic rings. The fraction of sp³-hybridized carbons (Fsp3) is 0.182. The minimum Gasteiger partial charge on any atom is -0.481 e. The third kappa shape index (κ3) is 3.75. The molecule has 0 unspecified atom stereocenters. The number of aliphatic carboxylic acids is 1. The maximum atomic E-state index is 10.4. The normalized spacial score (nSPS) is 10.5. The first-order valence-corrected chi connectivity index (χ1v) is 6.41. The first-order valence-electron chi connectivity index (χ1n) is 5.05. The van der Waals surface area contributed by atoms with E-state index in [4.69, 9.17) is 21.1 Å². The predicted molar refractivity (Wildman–Crippen MR) is 66.9 cm³/mol. The van der Waals surface area contributed by atoms with Gasteiger partial charge in [-0.25, -0.2) is 0 Å². The van der Waals surface area contributed by atoms with E-state index in [1.54, 1.807) is 12.1 Å². The van der Waals surface area contributed by atoms with Crippen LogP contribution in [0.1, 0.15) is 11.5 Å². The van der Waals surface area contributed by atoms with Crippen molar-refractivity contribution in [1.29, 1.82) is 0 Å². The number of carboxylic acid groups (broad SMARTS) is 1. The largest absolute Gasteiger partial charge is 0.481 e. The van der Waals surface area contributed by atoms with Gasteiger partial charge in [-0.3, -0.25) is 4.79 Å². The van der Waals surface area contributed by atoms with Gasteiger partial charge in [0, 0.05) is 5.02 Å². The lowest BCUT2D eigenvalue weighted by molar-refractivity contribution is -0.133. The van der Waals surface area contributed by atoms with Crippen molar-refractivity contribution in [3.8, 4) is 0 Å². The summed E-state index contributed by atoms with van der Waals surface area (Å²) in [5.41, 5.74) is 0.998. The van der Waals surface area contributed by atoms with Crippen LogP contribution in [-0.2, 0) is 11.2 Å². The highest BCUT2D eigenvalue weighted by Gasteiger charge is 2.09. The Labute approximate surface area is 112 Å². The zero-order valence-corrected chi connectivity index (χ0v) is 10.7. The van der Waals surface area contributed by atoms with Crippen molar-refractivity contribution < 1.29 is 14.3 Å². The Hall–Kier alpha value is -1.53. The second-order valence-corrected chi connectivity index (χ2v) is 4.81. The Bertz CT molecular complexity index is 541. The standard InChI is InChI=1S/C11H9ClN2O3S/c12-8-3-1-7(2-4-8)5-9-13-14-11(17-9)18-6-10(15)16/h1-4H,5-6H2,(H,15,16). The lowest BCUT2D eigenvalue weighted by Crippen LogP contribution is -1.97. The van der Waals surface area contributed by atoms with Gasteiger partial charge in [0.1, 0.15) is 5.75 Å². The zero-order valence-electron chi connectivity index (χ0n) is 9.17. The van der Waals surface area contributed by atoms with Gasteiger partial charge in [-0.2, -0.15) is 0 Å². The molecule has 0 aliphatic carbocycles. The van der Waals surface area contributed by atoms with Crippen LogP contribution in [0.4, 0.5) is 0 Å². The summed E-state index contributed by atoms with van der Waals surface area (Å²) in [7, 11) is 0. The Morgan fingerprint density at radius 2 is 2.06 bits per heavy atom. The lowest BCUT2D eigenvalue weighted by atomic mass is 10.1. The van der Waals surface area contributed by atoms with Crippen LogP contribution >= 0.6 is 23.4 Å². The van der Waals surface area contributed by atoms with Crippen LogP contribution < -0.4 is 0 Å². The van der Waals surface area contributed by atoms with E-state index in [2.05, 4.69) is 10.2 Å². The molecule has 1 N–H and O–H groups in total. The van der Waals surface area contributed by atoms with Gasteiger partial charge < -0.3 is 9.52 Å². The molecule has 0 spiro atoms. The van der Waals surface area contributed by atoms with Crippen molar-refractivity contribution in [2.24, 2.45) is 0 Å². The number of hydrogen-bond donors (Lipinski definition) is 1. The molecule has 7 heteroatoms. The number of thioether (sulfide) groups is 1. The van der Waals surface area contributed by atoms with Crippen LogP contribution in [0.3, 0.4) is 0 Å². The number of carbonyl (C=O) groups is 1. The van der Waals surface area contributed by atoms with Crippen LogP contribution in [0.25, 0.3) is 0 Å². The molecular formula is C11H9ClN2O3S. The zero-order chi connectivity index (χ0) is 13.0. The van der Waals surface area contributed by atoms with Gasteiger partial charge in [0.05, 0.1) is 6.42 Å². The maximum Gasteiger partial charge on any atom is 0.314 e. The average molecular weight is 285 g/mol. The molecule has 2 rings (SSSR count). The van der Waals surface area contributed by atoms with Gasteiger partial charge >= 0.3 is 5.97 Å². The smallest absolute Gasteiger partial charge is 0.314 e. The van der Waals surface area contributed by atoms with Crippen LogP contribution in [-0.4, -0.2) is 27.0 Å². The summed E-state index contributed by atoms with van der Waals surface area (Å²) in [6.07, 6.45) is 0.498. The summed E-state index contributed by atoms with van der Waals surface area (Å²) in [5, 5.41) is 17.1. The molecule has 94 valence electrons. The third-order valence-corrected chi connectivity index (χ3v) is 3.09. The Kier molecular flexibility index (Phi) is 4.22. The van der Waals surface area contributed by atoms with Crippen LogP contribution in [0, 0.1) is 0 Å². The van der Waals surface area contributed by atoms with E-state index >= 15 is 0 Å². The van der Waals surface area contributed by atoms with Crippen molar-refractivity contribution in [3.05, 3.63) is 40.7 Å². The average Bonchev–Trinajstić information content (AvgIpc) is 2.77. The molecular weight excluding hydrogens is 276 g/mol. The molecule has 1 aromatic carbocycles. The number of nitrogens with zero attached hydrogens (tertiary/aromatic N) is 2. The van der Waals surface area contributed by atoms with E-state index < -0.39 is 5.97 Å². The molecule has 0 radical (unpaired) electrons. The fourth-order valence-electron chi connectivity index (χ4n) is 1.27. The van der Waals surface area contributed by atoms with Crippen molar-refractivity contribution in [3.63, 3.8) is 0 Å². The van der Waals surface area contributed by atoms with Crippen LogP contribution in [0.15, 0.2) is 33.9 Å². The topological polar surface area (TPSA) is 76.2 Å². The number of rotatable bonds is 5. The molecule has 1 heterocycles. The van der Waals surface area contributed by atoms with Gasteiger partial charge in [0.15, 0.2) is 0 Å². The van der Waals surface area contributed by atoms with Gasteiger partial charge in [0.25, 0.3) is 5.22 Å². The molecule has 1 aromatic heterocycles. The van der Waals surface area contributed by atoms with E-state index in [1.807, 2.05) is 12.1 Å². The van der Waals surface area contributed by atoms with Crippen LogP contribution in [0.2, 0.25) is 5.02 Å². The molecule has 2 aromatic rings. The maximum absolute atomic E-state index is 10.4. The minimum atomic E-state index is -0.919. The Morgan fingerprint density at radius 3 is 2.72 bits per heavy atom. The SMILES string of the molecule is O=C(O)CSc1nnc(Cc2ccc(Cl)cc2)o1. The summed E-state index contributed by atoms with van der Waals surface area (Å²) in [4.78, 5) is 10.4. The van der Waals surface area contributed by atoms with Crippen LogP contribution in [0.5, 0.6) is 0 Å². The summed E-state index contributed by atoms with van der Waals surface area (Å²) < 4.78 is 5.31. The third-order valence-electron chi connectivity index (χ3n) is 2.04. The number of halogens is 1. The second kappa shape index (κ2) is 5.88. The van der Waals surface area contributed by atoms with Crippen molar-refractivity contribution in [1.82, 2.24) is 10.2 Å². The molecule has 0 saturated carbocycles. The van der Waals surface area contributed by atoms with Gasteiger partial charge in [-0.1, -0.05) is 35.5 Å². The lowest BCUT2D eigenvalue weighted by Gasteiger charge is -1.96. The van der Waals surface area contributed by atoms with Crippen molar-refractivity contribution in [2.75, 3.05) is 5.75 Å². The number of benzene rings is 1. The van der Waals surface area contributed by atoms with E-state index in [1.165, 1.54) is 0 Å². The first-order chi connectivity index (χ1) is 8.63. The molecule has 0 amide bonds. The van der Waals surface area contributed by atoms with Crippen molar-refractivity contribution >= 4 is 29.3 Å². The van der Waals surface area contributed by atoms with Gasteiger partial charge in [-0.05, 0) is 17.7 Å². The molecule has 18 heavy (non-hydrogen) atoms. The quantitative estimate of drug-likeness (QED) is 0.850. The molecule has 0 atom stereocenters. The van der Waals surface area contributed by atoms with Gasteiger partial charge in [0.2, 0.25) is 5.89 Å². The second-order valence-electron chi connectivity index (χ2n) is 3.45. The van der Waals surface area contributed by atoms with E-state index in [0.29, 0.717) is 17.3 Å². The molecule has 5 nitrogen and oxygen atoms in total. The first kappa shape index (κ1) is 12.9. The summed E-state index contributed by atoms with van der Waals surface area (Å²) in [5.74, 6) is -0.564.